The summed E-state index contributed by atoms with van der Waals surface area (Å²) in [5.74, 6) is 1.02. The smallest absolute Gasteiger partial charge is 0.256 e. The molecule has 0 fully saturated rings. The molecule has 0 radical (unpaired) electrons. The van der Waals surface area contributed by atoms with Gasteiger partial charge < -0.3 is 5.32 Å². The van der Waals surface area contributed by atoms with Crippen molar-refractivity contribution in [2.75, 3.05) is 5.32 Å². The van der Waals surface area contributed by atoms with Crippen molar-refractivity contribution in [1.29, 1.82) is 0 Å². The summed E-state index contributed by atoms with van der Waals surface area (Å²) in [6.07, 6.45) is 4.86. The van der Waals surface area contributed by atoms with Crippen LogP contribution in [0.4, 0.5) is 5.82 Å². The molecule has 0 saturated heterocycles. The largest absolute Gasteiger partial charge is 0.306 e. The third-order valence-electron chi connectivity index (χ3n) is 4.61. The van der Waals surface area contributed by atoms with E-state index in [9.17, 15) is 4.79 Å². The van der Waals surface area contributed by atoms with Gasteiger partial charge in [0.2, 0.25) is 0 Å². The first kappa shape index (κ1) is 19.5. The highest BCUT2D eigenvalue weighted by atomic mass is 16.1. The molecule has 3 heterocycles. The van der Waals surface area contributed by atoms with Crippen LogP contribution in [-0.2, 0) is 12.0 Å². The van der Waals surface area contributed by atoms with E-state index in [-0.39, 0.29) is 11.3 Å². The molecule has 0 aliphatic rings. The second-order valence-electron chi connectivity index (χ2n) is 8.01. The van der Waals surface area contributed by atoms with E-state index in [1.54, 1.807) is 34.0 Å². The van der Waals surface area contributed by atoms with Crippen LogP contribution in [0, 0.1) is 0 Å². The van der Waals surface area contributed by atoms with Crippen molar-refractivity contribution in [2.24, 2.45) is 0 Å². The number of nitrogens with one attached hydrogen (secondary N) is 1. The third kappa shape index (κ3) is 4.27. The highest BCUT2D eigenvalue weighted by Crippen LogP contribution is 2.26. The molecule has 0 saturated carbocycles. The number of pyridine rings is 1. The molecule has 1 aromatic carbocycles. The molecule has 0 unspecified atom stereocenters. The van der Waals surface area contributed by atoms with E-state index in [1.807, 2.05) is 36.4 Å². The summed E-state index contributed by atoms with van der Waals surface area (Å²) in [6, 6.07) is 14.9. The Morgan fingerprint density at radius 1 is 1.10 bits per heavy atom. The van der Waals surface area contributed by atoms with Gasteiger partial charge in [0.25, 0.3) is 5.91 Å². The van der Waals surface area contributed by atoms with Gasteiger partial charge in [-0.3, -0.25) is 4.79 Å². The summed E-state index contributed by atoms with van der Waals surface area (Å²) in [5, 5.41) is 11.8. The lowest BCUT2D eigenvalue weighted by atomic mass is 9.92. The average Bonchev–Trinajstić information content (AvgIpc) is 3.39. The normalized spacial score (nSPS) is 11.4. The van der Waals surface area contributed by atoms with Crippen LogP contribution < -0.4 is 5.32 Å². The summed E-state index contributed by atoms with van der Waals surface area (Å²) in [4.78, 5) is 21.2. The van der Waals surface area contributed by atoms with E-state index < -0.39 is 0 Å². The van der Waals surface area contributed by atoms with Crippen LogP contribution in [0.25, 0.3) is 5.82 Å². The number of carbonyl (C=O) groups excluding carboxylic acids is 1. The van der Waals surface area contributed by atoms with Crippen molar-refractivity contribution in [2.45, 2.75) is 32.7 Å². The number of rotatable bonds is 5. The van der Waals surface area contributed by atoms with Gasteiger partial charge in [0.15, 0.2) is 5.82 Å². The Bertz CT molecular complexity index is 1120. The number of anilines is 1. The second-order valence-corrected chi connectivity index (χ2v) is 8.01. The Kier molecular flexibility index (Phi) is 5.14. The first-order chi connectivity index (χ1) is 14.4. The molecule has 4 aromatic rings. The van der Waals surface area contributed by atoms with Gasteiger partial charge in [-0.2, -0.15) is 14.9 Å². The Morgan fingerprint density at radius 2 is 1.90 bits per heavy atom. The summed E-state index contributed by atoms with van der Waals surface area (Å²) in [5.41, 5.74) is 2.29. The van der Waals surface area contributed by atoms with E-state index in [0.717, 1.165) is 11.3 Å². The number of hydrogen-bond donors (Lipinski definition) is 1. The molecule has 3 aromatic heterocycles. The molecule has 4 rings (SSSR count). The minimum Gasteiger partial charge on any atom is -0.306 e. The predicted molar refractivity (Wildman–Crippen MR) is 114 cm³/mol. The quantitative estimate of drug-likeness (QED) is 0.553. The van der Waals surface area contributed by atoms with Crippen molar-refractivity contribution in [1.82, 2.24) is 29.5 Å². The summed E-state index contributed by atoms with van der Waals surface area (Å²) in [7, 11) is 0. The van der Waals surface area contributed by atoms with Crippen LogP contribution in [0.5, 0.6) is 0 Å². The number of amides is 1. The van der Waals surface area contributed by atoms with Crippen molar-refractivity contribution in [3.8, 4) is 5.82 Å². The maximum Gasteiger partial charge on any atom is 0.256 e. The van der Waals surface area contributed by atoms with Crippen molar-refractivity contribution in [3.63, 3.8) is 0 Å². The second kappa shape index (κ2) is 7.90. The summed E-state index contributed by atoms with van der Waals surface area (Å²) < 4.78 is 3.39. The predicted octanol–water partition coefficient (Wildman–Crippen LogP) is 3.46. The van der Waals surface area contributed by atoms with Gasteiger partial charge in [0.1, 0.15) is 18.5 Å². The van der Waals surface area contributed by atoms with E-state index in [1.165, 1.54) is 6.33 Å². The molecule has 0 aliphatic heterocycles. The van der Waals surface area contributed by atoms with Crippen LogP contribution in [0.3, 0.4) is 0 Å². The third-order valence-corrected chi connectivity index (χ3v) is 4.61. The maximum absolute atomic E-state index is 12.9. The van der Waals surface area contributed by atoms with Gasteiger partial charge in [-0.15, -0.1) is 0 Å². The first-order valence-corrected chi connectivity index (χ1v) is 9.65. The molecular formula is C22H23N7O. The molecule has 0 bridgehead atoms. The Labute approximate surface area is 174 Å². The molecule has 30 heavy (non-hydrogen) atoms. The summed E-state index contributed by atoms with van der Waals surface area (Å²) in [6.45, 7) is 6.84. The molecule has 0 aliphatic carbocycles. The summed E-state index contributed by atoms with van der Waals surface area (Å²) >= 11 is 0. The molecule has 1 N–H and O–H groups in total. The highest BCUT2D eigenvalue weighted by Gasteiger charge is 2.22. The van der Waals surface area contributed by atoms with Crippen molar-refractivity contribution >= 4 is 11.7 Å². The van der Waals surface area contributed by atoms with Gasteiger partial charge in [-0.05, 0) is 29.8 Å². The zero-order valence-electron chi connectivity index (χ0n) is 17.1. The number of nitrogens with zero attached hydrogens (tertiary/aromatic N) is 6. The molecular weight excluding hydrogens is 378 g/mol. The standard InChI is InChI=1S/C22H23N7O/c1-22(2,3)18-12-20(29(27-18)19-6-4-5-11-24-19)26-21(30)17-9-7-16(8-10-17)13-28-15-23-14-25-28/h4-12,14-15H,13H2,1-3H3,(H,26,30). The molecule has 8 heteroatoms. The SMILES string of the molecule is CC(C)(C)c1cc(NC(=O)c2ccc(Cn3cncn3)cc2)n(-c2ccccn2)n1. The maximum atomic E-state index is 12.9. The lowest BCUT2D eigenvalue weighted by Gasteiger charge is -2.13. The van der Waals surface area contributed by atoms with Crippen LogP contribution in [0.1, 0.15) is 42.4 Å². The van der Waals surface area contributed by atoms with Crippen LogP contribution in [0.2, 0.25) is 0 Å². The minimum absolute atomic E-state index is 0.164. The van der Waals surface area contributed by atoms with Gasteiger partial charge in [0, 0.05) is 23.2 Å². The van der Waals surface area contributed by atoms with Gasteiger partial charge in [-0.25, -0.2) is 14.6 Å². The number of aromatic nitrogens is 6. The lowest BCUT2D eigenvalue weighted by Crippen LogP contribution is -2.15. The average molecular weight is 401 g/mol. The molecule has 0 spiro atoms. The Morgan fingerprint density at radius 3 is 2.53 bits per heavy atom. The lowest BCUT2D eigenvalue weighted by molar-refractivity contribution is 0.102. The van der Waals surface area contributed by atoms with Gasteiger partial charge >= 0.3 is 0 Å². The molecule has 8 nitrogen and oxygen atoms in total. The molecule has 1 amide bonds. The monoisotopic (exact) mass is 401 g/mol. The van der Waals surface area contributed by atoms with Crippen LogP contribution >= 0.6 is 0 Å². The number of hydrogen-bond acceptors (Lipinski definition) is 5. The van der Waals surface area contributed by atoms with E-state index >= 15 is 0 Å². The molecule has 152 valence electrons. The Hall–Kier alpha value is -3.81. The van der Waals surface area contributed by atoms with Crippen LogP contribution in [0.15, 0.2) is 67.4 Å². The van der Waals surface area contributed by atoms with Gasteiger partial charge in [0.05, 0.1) is 12.2 Å². The number of benzene rings is 1. The first-order valence-electron chi connectivity index (χ1n) is 9.65. The highest BCUT2D eigenvalue weighted by molar-refractivity contribution is 6.04. The fourth-order valence-corrected chi connectivity index (χ4v) is 2.94. The minimum atomic E-state index is -0.208. The van der Waals surface area contributed by atoms with Gasteiger partial charge in [-0.1, -0.05) is 39.0 Å². The van der Waals surface area contributed by atoms with Crippen LogP contribution in [-0.4, -0.2) is 35.4 Å². The topological polar surface area (TPSA) is 90.5 Å². The van der Waals surface area contributed by atoms with E-state index in [4.69, 9.17) is 0 Å². The molecule has 0 atom stereocenters. The van der Waals surface area contributed by atoms with Crippen molar-refractivity contribution < 1.29 is 4.79 Å². The zero-order valence-corrected chi connectivity index (χ0v) is 17.1. The Balaban J connectivity index is 1.57. The van der Waals surface area contributed by atoms with Crippen molar-refractivity contribution in [3.05, 3.63) is 84.2 Å². The van der Waals surface area contributed by atoms with E-state index in [2.05, 4.69) is 46.3 Å². The fourth-order valence-electron chi connectivity index (χ4n) is 2.94. The number of carbonyl (C=O) groups is 1. The van der Waals surface area contributed by atoms with E-state index in [0.29, 0.717) is 23.7 Å². The fraction of sp³-hybridized carbons (Fsp3) is 0.227. The zero-order chi connectivity index (χ0) is 21.1.